The first-order valence-electron chi connectivity index (χ1n) is 11.1. The van der Waals surface area contributed by atoms with Gasteiger partial charge in [0.25, 0.3) is 0 Å². The van der Waals surface area contributed by atoms with E-state index in [0.29, 0.717) is 41.3 Å². The van der Waals surface area contributed by atoms with Gasteiger partial charge in [-0.1, -0.05) is 62.7 Å². The van der Waals surface area contributed by atoms with Crippen LogP contribution in [0.5, 0.6) is 0 Å². The van der Waals surface area contributed by atoms with Gasteiger partial charge in [0.1, 0.15) is 5.83 Å². The monoisotopic (exact) mass is 481 g/mol. The summed E-state index contributed by atoms with van der Waals surface area (Å²) in [4.78, 5) is 15.5. The van der Waals surface area contributed by atoms with Gasteiger partial charge >= 0.3 is 0 Å². The van der Waals surface area contributed by atoms with E-state index in [2.05, 4.69) is 42.9 Å². The topological polar surface area (TPSA) is 44.4 Å². The zero-order valence-corrected chi connectivity index (χ0v) is 20.6. The molecule has 1 saturated heterocycles. The zero-order chi connectivity index (χ0) is 23.7. The van der Waals surface area contributed by atoms with Crippen LogP contribution >= 0.6 is 23.2 Å². The largest absolute Gasteiger partial charge is 0.325 e. The van der Waals surface area contributed by atoms with Gasteiger partial charge in [-0.05, 0) is 61.7 Å². The van der Waals surface area contributed by atoms with E-state index in [4.69, 9.17) is 23.2 Å². The molecular formula is C25H34Cl2FN3O. The number of benzene rings is 1. The summed E-state index contributed by atoms with van der Waals surface area (Å²) >= 11 is 11.8. The molecule has 1 aromatic carbocycles. The van der Waals surface area contributed by atoms with Crippen LogP contribution in [0.4, 0.5) is 10.1 Å². The first-order chi connectivity index (χ1) is 15.2. The lowest BCUT2D eigenvalue weighted by molar-refractivity contribution is -0.121. The summed E-state index contributed by atoms with van der Waals surface area (Å²) in [6.45, 7) is 12.7. The fourth-order valence-electron chi connectivity index (χ4n) is 4.17. The number of carbonyl (C=O) groups is 1. The average molecular weight is 482 g/mol. The van der Waals surface area contributed by atoms with Gasteiger partial charge in [-0.25, -0.2) is 4.39 Å². The number of halogens is 3. The summed E-state index contributed by atoms with van der Waals surface area (Å²) in [5.41, 5.74) is 0.598. The van der Waals surface area contributed by atoms with Crippen molar-refractivity contribution in [3.05, 3.63) is 65.0 Å². The number of carbonyl (C=O) groups excluding carboxylic acids is 1. The number of rotatable bonds is 11. The second kappa shape index (κ2) is 13.1. The predicted octanol–water partition coefficient (Wildman–Crippen LogP) is 6.01. The van der Waals surface area contributed by atoms with Crippen LogP contribution in [0, 0.1) is 17.8 Å². The van der Waals surface area contributed by atoms with Gasteiger partial charge in [-0.15, -0.1) is 0 Å². The highest BCUT2D eigenvalue weighted by atomic mass is 35.5. The van der Waals surface area contributed by atoms with E-state index in [1.54, 1.807) is 24.3 Å². The smallest absolute Gasteiger partial charge is 0.242 e. The standard InChI is InChI=1S/C25H34Cl2FN3O/c1-5-12-29-14-19-16-31(15-17(2)3)24(23(19)22(28)11-6-8-18(4)26)25(32)30-21-10-7-9-20(27)13-21/h6-11,13,17,19,23-24,29H,4-5,12,14-16H2,1-3H3,(H,30,32)/b8-6-,22-11-/t19-,23?,24?/m1/s1. The molecule has 1 aromatic rings. The summed E-state index contributed by atoms with van der Waals surface area (Å²) < 4.78 is 15.5. The van der Waals surface area contributed by atoms with Crippen molar-refractivity contribution in [1.29, 1.82) is 0 Å². The van der Waals surface area contributed by atoms with Crippen molar-refractivity contribution in [1.82, 2.24) is 10.2 Å². The molecule has 0 radical (unpaired) electrons. The highest BCUT2D eigenvalue weighted by Gasteiger charge is 2.47. The molecule has 2 rings (SSSR count). The maximum absolute atomic E-state index is 15.5. The maximum atomic E-state index is 15.5. The van der Waals surface area contributed by atoms with E-state index < -0.39 is 12.0 Å². The average Bonchev–Trinajstić information content (AvgIpc) is 3.05. The molecule has 2 N–H and O–H groups in total. The number of anilines is 1. The number of amides is 1. The SMILES string of the molecule is C=C(Cl)/C=C\C=C(/F)C1C(C(=O)Nc2cccc(Cl)c2)N(CC(C)C)C[C@H]1CNCCC. The third-order valence-electron chi connectivity index (χ3n) is 5.36. The maximum Gasteiger partial charge on any atom is 0.242 e. The molecule has 0 aliphatic carbocycles. The Kier molecular flexibility index (Phi) is 10.9. The molecule has 0 aromatic heterocycles. The zero-order valence-electron chi connectivity index (χ0n) is 19.1. The Hall–Kier alpha value is -1.66. The first-order valence-corrected chi connectivity index (χ1v) is 11.9. The molecule has 0 saturated carbocycles. The quantitative estimate of drug-likeness (QED) is 0.300. The lowest BCUT2D eigenvalue weighted by Crippen LogP contribution is -2.44. The van der Waals surface area contributed by atoms with E-state index in [1.807, 2.05) is 0 Å². The summed E-state index contributed by atoms with van der Waals surface area (Å²) in [5, 5.41) is 7.20. The third-order valence-corrected chi connectivity index (χ3v) is 5.72. The summed E-state index contributed by atoms with van der Waals surface area (Å²) in [5.74, 6) is -0.846. The Morgan fingerprint density at radius 2 is 2.16 bits per heavy atom. The summed E-state index contributed by atoms with van der Waals surface area (Å²) in [6.07, 6.45) is 5.46. The molecule has 1 aliphatic rings. The molecule has 0 spiro atoms. The summed E-state index contributed by atoms with van der Waals surface area (Å²) in [7, 11) is 0. The van der Waals surface area contributed by atoms with Gasteiger partial charge in [-0.3, -0.25) is 9.69 Å². The lowest BCUT2D eigenvalue weighted by Gasteiger charge is -2.28. The van der Waals surface area contributed by atoms with Crippen LogP contribution in [0.25, 0.3) is 0 Å². The van der Waals surface area contributed by atoms with Gasteiger partial charge in [-0.2, -0.15) is 0 Å². The van der Waals surface area contributed by atoms with Gasteiger partial charge < -0.3 is 10.6 Å². The molecule has 1 fully saturated rings. The van der Waals surface area contributed by atoms with Gasteiger partial charge in [0.2, 0.25) is 5.91 Å². The molecule has 3 atom stereocenters. The molecule has 0 bridgehead atoms. The van der Waals surface area contributed by atoms with E-state index in [1.165, 1.54) is 18.2 Å². The Labute approximate surface area is 201 Å². The fourth-order valence-corrected chi connectivity index (χ4v) is 4.43. The molecule has 2 unspecified atom stereocenters. The molecule has 176 valence electrons. The van der Waals surface area contributed by atoms with Crippen LogP contribution in [0.3, 0.4) is 0 Å². The fraction of sp³-hybridized carbons (Fsp3) is 0.480. The van der Waals surface area contributed by atoms with Crippen molar-refractivity contribution in [2.45, 2.75) is 33.2 Å². The second-order valence-corrected chi connectivity index (χ2v) is 9.56. The van der Waals surface area contributed by atoms with Crippen molar-refractivity contribution in [3.8, 4) is 0 Å². The normalized spacial score (nSPS) is 22.1. The summed E-state index contributed by atoms with van der Waals surface area (Å²) in [6, 6.07) is 6.36. The molecule has 1 aliphatic heterocycles. The van der Waals surface area contributed by atoms with Gasteiger partial charge in [0.15, 0.2) is 0 Å². The minimum absolute atomic E-state index is 0.0423. The Morgan fingerprint density at radius 1 is 1.41 bits per heavy atom. The number of hydrogen-bond donors (Lipinski definition) is 2. The van der Waals surface area contributed by atoms with E-state index >= 15 is 4.39 Å². The Morgan fingerprint density at radius 3 is 2.78 bits per heavy atom. The number of likely N-dealkylation sites (tertiary alicyclic amines) is 1. The Balaban J connectivity index is 2.37. The van der Waals surface area contributed by atoms with Crippen LogP contribution in [0.15, 0.2) is 59.9 Å². The van der Waals surface area contributed by atoms with Crippen LogP contribution in [-0.4, -0.2) is 43.0 Å². The minimum Gasteiger partial charge on any atom is -0.325 e. The van der Waals surface area contributed by atoms with Crippen molar-refractivity contribution in [3.63, 3.8) is 0 Å². The number of allylic oxidation sites excluding steroid dienone is 4. The van der Waals surface area contributed by atoms with Gasteiger partial charge in [0.05, 0.1) is 6.04 Å². The molecule has 1 heterocycles. The lowest BCUT2D eigenvalue weighted by atomic mass is 9.88. The van der Waals surface area contributed by atoms with Crippen molar-refractivity contribution in [2.24, 2.45) is 17.8 Å². The molecule has 32 heavy (non-hydrogen) atoms. The number of hydrogen-bond acceptors (Lipinski definition) is 3. The molecule has 4 nitrogen and oxygen atoms in total. The van der Waals surface area contributed by atoms with E-state index in [9.17, 15) is 4.79 Å². The molecule has 7 heteroatoms. The van der Waals surface area contributed by atoms with Crippen molar-refractivity contribution < 1.29 is 9.18 Å². The van der Waals surface area contributed by atoms with Gasteiger partial charge in [0, 0.05) is 34.7 Å². The van der Waals surface area contributed by atoms with Crippen LogP contribution in [0.1, 0.15) is 27.2 Å². The Bertz CT molecular complexity index is 840. The highest BCUT2D eigenvalue weighted by Crippen LogP contribution is 2.37. The highest BCUT2D eigenvalue weighted by molar-refractivity contribution is 6.31. The number of nitrogens with one attached hydrogen (secondary N) is 2. The minimum atomic E-state index is -0.631. The van der Waals surface area contributed by atoms with E-state index in [-0.39, 0.29) is 17.7 Å². The molecular weight excluding hydrogens is 448 g/mol. The van der Waals surface area contributed by atoms with Crippen LogP contribution in [-0.2, 0) is 4.79 Å². The molecule has 1 amide bonds. The second-order valence-electron chi connectivity index (χ2n) is 8.64. The van der Waals surface area contributed by atoms with Crippen LogP contribution < -0.4 is 10.6 Å². The van der Waals surface area contributed by atoms with Crippen molar-refractivity contribution in [2.75, 3.05) is 31.5 Å². The van der Waals surface area contributed by atoms with E-state index in [0.717, 1.165) is 13.0 Å². The predicted molar refractivity (Wildman–Crippen MR) is 134 cm³/mol. The number of nitrogens with zero attached hydrogens (tertiary/aromatic N) is 1. The van der Waals surface area contributed by atoms with Crippen LogP contribution in [0.2, 0.25) is 5.02 Å². The first kappa shape index (κ1) is 26.6. The van der Waals surface area contributed by atoms with Crippen molar-refractivity contribution >= 4 is 34.8 Å². The third kappa shape index (κ3) is 8.04.